The fourth-order valence-electron chi connectivity index (χ4n) is 2.48. The summed E-state index contributed by atoms with van der Waals surface area (Å²) in [6, 6.07) is 14.8. The lowest BCUT2D eigenvalue weighted by Gasteiger charge is -2.34. The molecule has 0 aromatic heterocycles. The second-order valence-corrected chi connectivity index (χ2v) is 5.89. The highest BCUT2D eigenvalue weighted by Crippen LogP contribution is 2.39. The number of hydrogen-bond donors (Lipinski definition) is 1. The van der Waals surface area contributed by atoms with Crippen LogP contribution < -0.4 is 10.1 Å². The molecular formula is C16H16BrNO. The van der Waals surface area contributed by atoms with Gasteiger partial charge in [0.1, 0.15) is 11.9 Å². The van der Waals surface area contributed by atoms with Gasteiger partial charge in [0, 0.05) is 4.47 Å². The van der Waals surface area contributed by atoms with Crippen LogP contribution in [0, 0.1) is 6.92 Å². The molecule has 2 nitrogen and oxygen atoms in total. The van der Waals surface area contributed by atoms with Crippen LogP contribution in [0.5, 0.6) is 5.75 Å². The summed E-state index contributed by atoms with van der Waals surface area (Å²) in [5.74, 6) is 0.966. The molecule has 1 aliphatic rings. The average molecular weight is 318 g/mol. The highest BCUT2D eigenvalue weighted by atomic mass is 79.9. The largest absolute Gasteiger partial charge is 0.481 e. The Bertz CT molecular complexity index is 594. The number of hydrogen-bond acceptors (Lipinski definition) is 2. The van der Waals surface area contributed by atoms with Crippen LogP contribution in [-0.2, 0) is 0 Å². The Kier molecular flexibility index (Phi) is 3.23. The molecule has 2 aromatic rings. The first kappa shape index (κ1) is 12.5. The number of halogens is 1. The number of anilines is 1. The van der Waals surface area contributed by atoms with E-state index in [0.29, 0.717) is 0 Å². The van der Waals surface area contributed by atoms with Gasteiger partial charge in [-0.05, 0) is 43.2 Å². The highest BCUT2D eigenvalue weighted by molar-refractivity contribution is 9.10. The molecule has 3 heteroatoms. The molecule has 19 heavy (non-hydrogen) atoms. The van der Waals surface area contributed by atoms with E-state index < -0.39 is 0 Å². The summed E-state index contributed by atoms with van der Waals surface area (Å²) in [5.41, 5.74) is 3.44. The number of fused-ring (bicyclic) bond motifs is 1. The van der Waals surface area contributed by atoms with E-state index in [1.807, 2.05) is 0 Å². The van der Waals surface area contributed by atoms with E-state index in [4.69, 9.17) is 4.74 Å². The zero-order valence-corrected chi connectivity index (χ0v) is 12.6. The van der Waals surface area contributed by atoms with Crippen molar-refractivity contribution < 1.29 is 4.74 Å². The van der Waals surface area contributed by atoms with Crippen LogP contribution in [0.1, 0.15) is 24.2 Å². The molecule has 2 unspecified atom stereocenters. The first-order valence-electron chi connectivity index (χ1n) is 6.43. The lowest BCUT2D eigenvalue weighted by molar-refractivity contribution is 0.176. The molecule has 0 amide bonds. The minimum atomic E-state index is 0.0432. The zero-order chi connectivity index (χ0) is 13.4. The third-order valence-corrected chi connectivity index (χ3v) is 4.02. The lowest BCUT2D eigenvalue weighted by Crippen LogP contribution is -2.32. The number of aryl methyl sites for hydroxylation is 1. The van der Waals surface area contributed by atoms with Crippen molar-refractivity contribution in [3.05, 3.63) is 58.1 Å². The van der Waals surface area contributed by atoms with Crippen LogP contribution in [0.2, 0.25) is 0 Å². The van der Waals surface area contributed by atoms with E-state index in [9.17, 15) is 0 Å². The summed E-state index contributed by atoms with van der Waals surface area (Å²) in [7, 11) is 0. The molecule has 0 radical (unpaired) electrons. The van der Waals surface area contributed by atoms with Gasteiger partial charge in [-0.15, -0.1) is 0 Å². The van der Waals surface area contributed by atoms with E-state index >= 15 is 0 Å². The Morgan fingerprint density at radius 2 is 1.84 bits per heavy atom. The third-order valence-electron chi connectivity index (χ3n) is 3.49. The topological polar surface area (TPSA) is 21.3 Å². The number of rotatable bonds is 1. The van der Waals surface area contributed by atoms with Crippen molar-refractivity contribution >= 4 is 21.6 Å². The summed E-state index contributed by atoms with van der Waals surface area (Å²) >= 11 is 3.47. The molecule has 0 saturated carbocycles. The fraction of sp³-hybridized carbons (Fsp3) is 0.250. The van der Waals surface area contributed by atoms with E-state index in [-0.39, 0.29) is 12.1 Å². The second-order valence-electron chi connectivity index (χ2n) is 4.97. The van der Waals surface area contributed by atoms with Gasteiger partial charge in [-0.2, -0.15) is 0 Å². The molecule has 0 spiro atoms. The standard InChI is InChI=1S/C16H16BrNO/c1-10-4-3-5-14-15(10)19-16(11(2)18-14)12-6-8-13(17)9-7-12/h3-9,11,16,18H,1-2H3. The van der Waals surface area contributed by atoms with Crippen molar-refractivity contribution in [1.29, 1.82) is 0 Å². The predicted molar refractivity (Wildman–Crippen MR) is 81.8 cm³/mol. The van der Waals surface area contributed by atoms with E-state index in [0.717, 1.165) is 15.9 Å². The minimum absolute atomic E-state index is 0.0432. The smallest absolute Gasteiger partial charge is 0.146 e. The van der Waals surface area contributed by atoms with Crippen molar-refractivity contribution in [2.75, 3.05) is 5.32 Å². The molecule has 2 aromatic carbocycles. The number of ether oxygens (including phenoxy) is 1. The van der Waals surface area contributed by atoms with E-state index in [1.165, 1.54) is 11.1 Å². The van der Waals surface area contributed by atoms with Crippen LogP contribution in [0.3, 0.4) is 0 Å². The van der Waals surface area contributed by atoms with Gasteiger partial charge < -0.3 is 10.1 Å². The Morgan fingerprint density at radius 3 is 2.58 bits per heavy atom. The molecule has 0 aliphatic carbocycles. The Hall–Kier alpha value is -1.48. The average Bonchev–Trinajstić information content (AvgIpc) is 2.40. The van der Waals surface area contributed by atoms with Crippen molar-refractivity contribution in [1.82, 2.24) is 0 Å². The molecule has 0 saturated heterocycles. The molecule has 98 valence electrons. The van der Waals surface area contributed by atoms with Crippen molar-refractivity contribution in [2.45, 2.75) is 26.0 Å². The summed E-state index contributed by atoms with van der Waals surface area (Å²) in [4.78, 5) is 0. The van der Waals surface area contributed by atoms with Gasteiger partial charge in [-0.3, -0.25) is 0 Å². The Balaban J connectivity index is 1.97. The van der Waals surface area contributed by atoms with Crippen LogP contribution in [-0.4, -0.2) is 6.04 Å². The van der Waals surface area contributed by atoms with Gasteiger partial charge in [-0.1, -0.05) is 40.2 Å². The number of nitrogens with one attached hydrogen (secondary N) is 1. The summed E-state index contributed by atoms with van der Waals surface area (Å²) in [6.45, 7) is 4.23. The van der Waals surface area contributed by atoms with Gasteiger partial charge in [0.25, 0.3) is 0 Å². The molecule has 0 fully saturated rings. The highest BCUT2D eigenvalue weighted by Gasteiger charge is 2.28. The van der Waals surface area contributed by atoms with Gasteiger partial charge in [0.05, 0.1) is 11.7 Å². The molecule has 3 rings (SSSR count). The fourth-order valence-corrected chi connectivity index (χ4v) is 2.75. The normalized spacial score (nSPS) is 21.2. The van der Waals surface area contributed by atoms with Crippen molar-refractivity contribution in [3.63, 3.8) is 0 Å². The summed E-state index contributed by atoms with van der Waals surface area (Å²) < 4.78 is 7.31. The molecule has 1 N–H and O–H groups in total. The van der Waals surface area contributed by atoms with Crippen molar-refractivity contribution in [3.8, 4) is 5.75 Å². The Labute approximate surface area is 121 Å². The SMILES string of the molecule is Cc1cccc2c1OC(c1ccc(Br)cc1)C(C)N2. The lowest BCUT2D eigenvalue weighted by atomic mass is 10.0. The number of benzene rings is 2. The minimum Gasteiger partial charge on any atom is -0.481 e. The first-order valence-corrected chi connectivity index (χ1v) is 7.23. The molecular weight excluding hydrogens is 302 g/mol. The maximum absolute atomic E-state index is 6.22. The number of para-hydroxylation sites is 1. The second kappa shape index (κ2) is 4.89. The Morgan fingerprint density at radius 1 is 1.11 bits per heavy atom. The van der Waals surface area contributed by atoms with E-state index in [2.05, 4.69) is 77.6 Å². The molecule has 1 heterocycles. The van der Waals surface area contributed by atoms with Gasteiger partial charge >= 0.3 is 0 Å². The van der Waals surface area contributed by atoms with Gasteiger partial charge in [0.15, 0.2) is 0 Å². The maximum Gasteiger partial charge on any atom is 0.146 e. The predicted octanol–water partition coefficient (Wildman–Crippen LogP) is 4.69. The van der Waals surface area contributed by atoms with E-state index in [1.54, 1.807) is 0 Å². The van der Waals surface area contributed by atoms with Crippen LogP contribution in [0.15, 0.2) is 46.9 Å². The van der Waals surface area contributed by atoms with Crippen molar-refractivity contribution in [2.24, 2.45) is 0 Å². The molecule has 2 atom stereocenters. The monoisotopic (exact) mass is 317 g/mol. The van der Waals surface area contributed by atoms with Crippen LogP contribution >= 0.6 is 15.9 Å². The van der Waals surface area contributed by atoms with Gasteiger partial charge in [0.2, 0.25) is 0 Å². The third kappa shape index (κ3) is 2.35. The maximum atomic E-state index is 6.22. The molecule has 0 bridgehead atoms. The summed E-state index contributed by atoms with van der Waals surface area (Å²) in [5, 5.41) is 3.53. The van der Waals surface area contributed by atoms with Gasteiger partial charge in [-0.25, -0.2) is 0 Å². The summed E-state index contributed by atoms with van der Waals surface area (Å²) in [6.07, 6.45) is 0.0432. The zero-order valence-electron chi connectivity index (χ0n) is 11.0. The van der Waals surface area contributed by atoms with Crippen LogP contribution in [0.4, 0.5) is 5.69 Å². The quantitative estimate of drug-likeness (QED) is 0.823. The molecule has 1 aliphatic heterocycles. The van der Waals surface area contributed by atoms with Crippen LogP contribution in [0.25, 0.3) is 0 Å². The first-order chi connectivity index (χ1) is 9.15.